The summed E-state index contributed by atoms with van der Waals surface area (Å²) in [7, 11) is 0. The highest BCUT2D eigenvalue weighted by Crippen LogP contribution is 2.50. The number of allylic oxidation sites excluding steroid dienone is 2. The molecular weight excluding hydrogens is 388 g/mol. The summed E-state index contributed by atoms with van der Waals surface area (Å²) in [4.78, 5) is 13.4. The largest absolute Gasteiger partial charge is 0.492 e. The zero-order valence-electron chi connectivity index (χ0n) is 18.5. The van der Waals surface area contributed by atoms with Crippen LogP contribution in [0.3, 0.4) is 0 Å². The van der Waals surface area contributed by atoms with Crippen molar-refractivity contribution in [2.45, 2.75) is 45.1 Å². The molecule has 31 heavy (non-hydrogen) atoms. The fourth-order valence-electron chi connectivity index (χ4n) is 4.53. The van der Waals surface area contributed by atoms with Gasteiger partial charge >= 0.3 is 0 Å². The van der Waals surface area contributed by atoms with E-state index in [1.54, 1.807) is 6.07 Å². The van der Waals surface area contributed by atoms with Crippen molar-refractivity contribution in [2.75, 3.05) is 19.8 Å². The number of Topliss-reactive ketones (excluding diaryl/α,β-unsaturated/α-hetero) is 1. The molecule has 2 N–H and O–H groups in total. The lowest BCUT2D eigenvalue weighted by molar-refractivity contribution is 0.105. The van der Waals surface area contributed by atoms with Crippen molar-refractivity contribution in [1.29, 1.82) is 5.26 Å². The van der Waals surface area contributed by atoms with Crippen LogP contribution in [0.25, 0.3) is 5.57 Å². The number of fused-ring (bicyclic) bond motifs is 3. The average molecular weight is 417 g/mol. The quantitative estimate of drug-likeness (QED) is 0.701. The monoisotopic (exact) mass is 416 g/mol. The second-order valence-electron chi connectivity index (χ2n) is 9.49. The number of carbonyl (C=O) groups excluding carboxylic acids is 1. The molecule has 0 heterocycles. The van der Waals surface area contributed by atoms with Gasteiger partial charge in [-0.2, -0.15) is 5.26 Å². The number of carbonyl (C=O) groups is 1. The van der Waals surface area contributed by atoms with Crippen LogP contribution < -0.4 is 10.1 Å². The lowest BCUT2D eigenvalue weighted by Crippen LogP contribution is -2.44. The van der Waals surface area contributed by atoms with Gasteiger partial charge in [0.2, 0.25) is 0 Å². The Morgan fingerprint density at radius 2 is 1.94 bits per heavy atom. The van der Waals surface area contributed by atoms with Crippen LogP contribution in [0.5, 0.6) is 5.75 Å². The minimum absolute atomic E-state index is 0.0469. The van der Waals surface area contributed by atoms with Gasteiger partial charge in [0.25, 0.3) is 0 Å². The van der Waals surface area contributed by atoms with E-state index in [4.69, 9.17) is 4.74 Å². The van der Waals surface area contributed by atoms with Crippen LogP contribution in [0.4, 0.5) is 0 Å². The number of aliphatic hydroxyl groups is 1. The van der Waals surface area contributed by atoms with Gasteiger partial charge in [0.1, 0.15) is 12.4 Å². The first-order valence-corrected chi connectivity index (χ1v) is 10.6. The number of rotatable bonds is 6. The number of nitriles is 1. The van der Waals surface area contributed by atoms with Crippen LogP contribution in [-0.2, 0) is 11.8 Å². The number of ether oxygens (including phenoxy) is 1. The summed E-state index contributed by atoms with van der Waals surface area (Å²) in [5.41, 5.74) is 5.55. The molecular formula is C26H28N2O3. The van der Waals surface area contributed by atoms with Gasteiger partial charge in [0.15, 0.2) is 5.78 Å². The zero-order chi connectivity index (χ0) is 22.4. The van der Waals surface area contributed by atoms with E-state index in [2.05, 4.69) is 25.2 Å². The molecule has 0 atom stereocenters. The third-order valence-electron chi connectivity index (χ3n) is 6.43. The Balaban J connectivity index is 1.60. The van der Waals surface area contributed by atoms with E-state index in [9.17, 15) is 15.2 Å². The molecule has 0 amide bonds. The Kier molecular flexibility index (Phi) is 5.25. The Labute approximate surface area is 183 Å². The predicted octanol–water partition coefficient (Wildman–Crippen LogP) is 3.78. The summed E-state index contributed by atoms with van der Waals surface area (Å²) in [6, 6.07) is 13.5. The summed E-state index contributed by atoms with van der Waals surface area (Å²) < 4.78 is 5.94. The molecule has 2 aliphatic rings. The van der Waals surface area contributed by atoms with Crippen molar-refractivity contribution in [2.24, 2.45) is 0 Å². The van der Waals surface area contributed by atoms with Crippen molar-refractivity contribution in [3.05, 3.63) is 69.8 Å². The number of hydrogen-bond donors (Lipinski definition) is 2. The molecule has 2 aromatic rings. The average Bonchev–Trinajstić information content (AvgIpc) is 3.15. The fraction of sp³-hybridized carbons (Fsp3) is 0.385. The van der Waals surface area contributed by atoms with E-state index >= 15 is 0 Å². The molecule has 5 heteroatoms. The lowest BCUT2D eigenvalue weighted by Gasteiger charge is -2.34. The maximum absolute atomic E-state index is 13.4. The molecule has 0 saturated carbocycles. The number of nitrogens with zero attached hydrogens (tertiary/aromatic N) is 1. The molecule has 0 fully saturated rings. The Morgan fingerprint density at radius 1 is 1.19 bits per heavy atom. The molecule has 0 bridgehead atoms. The standard InChI is InChI=1S/C26H28N2O3/c1-25(2,15-29)28-9-10-31-18-6-8-20-21(13-18)26(3,4)22-12-17-11-16(14-27)5-7-19(17)23(22)24(20)30/h5-8,11,13,28-29H,9-10,12,15H2,1-4H3. The third-order valence-corrected chi connectivity index (χ3v) is 6.43. The number of benzene rings is 2. The normalized spacial score (nSPS) is 16.5. The Bertz CT molecular complexity index is 1140. The molecule has 0 radical (unpaired) electrons. The Hall–Kier alpha value is -2.94. The van der Waals surface area contributed by atoms with Crippen molar-refractivity contribution >= 4 is 11.4 Å². The summed E-state index contributed by atoms with van der Waals surface area (Å²) in [6.07, 6.45) is 0.684. The minimum Gasteiger partial charge on any atom is -0.492 e. The molecule has 5 nitrogen and oxygen atoms in total. The molecule has 4 rings (SSSR count). The van der Waals surface area contributed by atoms with Crippen LogP contribution in [-0.4, -0.2) is 36.2 Å². The maximum Gasteiger partial charge on any atom is 0.193 e. The minimum atomic E-state index is -0.348. The number of hydrogen-bond acceptors (Lipinski definition) is 5. The van der Waals surface area contributed by atoms with Gasteiger partial charge in [-0.05, 0) is 72.9 Å². The van der Waals surface area contributed by atoms with Gasteiger partial charge in [0.05, 0.1) is 18.2 Å². The highest BCUT2D eigenvalue weighted by atomic mass is 16.5. The van der Waals surface area contributed by atoms with Crippen LogP contribution in [0.1, 0.15) is 60.3 Å². The fourth-order valence-corrected chi connectivity index (χ4v) is 4.53. The maximum atomic E-state index is 13.4. The first-order chi connectivity index (χ1) is 14.7. The lowest BCUT2D eigenvalue weighted by atomic mass is 9.68. The molecule has 0 spiro atoms. The van der Waals surface area contributed by atoms with Gasteiger partial charge in [-0.25, -0.2) is 0 Å². The predicted molar refractivity (Wildman–Crippen MR) is 120 cm³/mol. The van der Waals surface area contributed by atoms with E-state index in [-0.39, 0.29) is 23.3 Å². The second-order valence-corrected chi connectivity index (χ2v) is 9.49. The second kappa shape index (κ2) is 7.64. The van der Waals surface area contributed by atoms with Gasteiger partial charge in [0, 0.05) is 28.6 Å². The molecule has 0 saturated heterocycles. The highest BCUT2D eigenvalue weighted by Gasteiger charge is 2.42. The van der Waals surface area contributed by atoms with Crippen LogP contribution in [0, 0.1) is 11.3 Å². The SMILES string of the molecule is CC(C)(CO)NCCOc1ccc2c(c1)C(C)(C)C1=C(C2=O)c2ccc(C#N)cc2C1. The van der Waals surface area contributed by atoms with Crippen molar-refractivity contribution in [3.63, 3.8) is 0 Å². The zero-order valence-corrected chi connectivity index (χ0v) is 18.5. The summed E-state index contributed by atoms with van der Waals surface area (Å²) in [6.45, 7) is 9.30. The van der Waals surface area contributed by atoms with Crippen molar-refractivity contribution in [3.8, 4) is 11.8 Å². The van der Waals surface area contributed by atoms with Gasteiger partial charge in [-0.1, -0.05) is 19.9 Å². The van der Waals surface area contributed by atoms with Crippen molar-refractivity contribution < 1.29 is 14.6 Å². The van der Waals surface area contributed by atoms with Gasteiger partial charge in [-0.15, -0.1) is 0 Å². The molecule has 0 aromatic heterocycles. The van der Waals surface area contributed by atoms with E-state index in [0.29, 0.717) is 30.7 Å². The summed E-state index contributed by atoms with van der Waals surface area (Å²) in [5, 5.41) is 21.8. The smallest absolute Gasteiger partial charge is 0.193 e. The Morgan fingerprint density at radius 3 is 2.65 bits per heavy atom. The third kappa shape index (κ3) is 3.67. The van der Waals surface area contributed by atoms with E-state index in [1.807, 2.05) is 44.2 Å². The van der Waals surface area contributed by atoms with Crippen LogP contribution in [0.2, 0.25) is 0 Å². The summed E-state index contributed by atoms with van der Waals surface area (Å²) >= 11 is 0. The van der Waals surface area contributed by atoms with Crippen LogP contribution >= 0.6 is 0 Å². The van der Waals surface area contributed by atoms with Crippen LogP contribution in [0.15, 0.2) is 42.0 Å². The van der Waals surface area contributed by atoms with E-state index in [1.165, 1.54) is 0 Å². The van der Waals surface area contributed by atoms with Gasteiger partial charge in [-0.3, -0.25) is 4.79 Å². The highest BCUT2D eigenvalue weighted by molar-refractivity contribution is 6.33. The number of ketones is 1. The first kappa shape index (κ1) is 21.3. The van der Waals surface area contributed by atoms with E-state index in [0.717, 1.165) is 33.6 Å². The number of nitrogens with one attached hydrogen (secondary N) is 1. The number of aliphatic hydroxyl groups excluding tert-OH is 1. The topological polar surface area (TPSA) is 82.3 Å². The summed E-state index contributed by atoms with van der Waals surface area (Å²) in [5.74, 6) is 0.778. The molecule has 0 aliphatic heterocycles. The first-order valence-electron chi connectivity index (χ1n) is 10.6. The molecule has 0 unspecified atom stereocenters. The molecule has 2 aliphatic carbocycles. The molecule has 160 valence electrons. The van der Waals surface area contributed by atoms with E-state index < -0.39 is 0 Å². The van der Waals surface area contributed by atoms with Gasteiger partial charge < -0.3 is 15.2 Å². The molecule has 2 aromatic carbocycles. The van der Waals surface area contributed by atoms with Crippen molar-refractivity contribution in [1.82, 2.24) is 5.32 Å².